The molecule has 3 nitrogen and oxygen atoms in total. The van der Waals surface area contributed by atoms with Crippen LogP contribution in [0.25, 0.3) is 11.1 Å². The van der Waals surface area contributed by atoms with E-state index in [1.165, 1.54) is 6.92 Å². The Labute approximate surface area is 128 Å². The fraction of sp³-hybridized carbons (Fsp3) is 0.176. The van der Waals surface area contributed by atoms with Gasteiger partial charge in [0.05, 0.1) is 5.56 Å². The van der Waals surface area contributed by atoms with Crippen LogP contribution in [-0.2, 0) is 4.79 Å². The van der Waals surface area contributed by atoms with Crippen molar-refractivity contribution in [1.82, 2.24) is 0 Å². The number of ketones is 2. The minimum atomic E-state index is -0.231. The van der Waals surface area contributed by atoms with Crippen LogP contribution in [0.5, 0.6) is 5.75 Å². The molecule has 0 aromatic heterocycles. The fourth-order valence-electron chi connectivity index (χ4n) is 2.01. The fourth-order valence-corrected chi connectivity index (χ4v) is 2.14. The van der Waals surface area contributed by atoms with E-state index in [1.54, 1.807) is 30.3 Å². The predicted octanol–water partition coefficient (Wildman–Crippen LogP) is 4.26. The minimum Gasteiger partial charge on any atom is -0.507 e. The molecular weight excluding hydrogens is 288 g/mol. The molecule has 0 aliphatic carbocycles. The number of phenols is 1. The van der Waals surface area contributed by atoms with Crippen LogP contribution in [0.3, 0.4) is 0 Å². The topological polar surface area (TPSA) is 54.4 Å². The zero-order valence-electron chi connectivity index (χ0n) is 11.6. The average Bonchev–Trinajstić information content (AvgIpc) is 2.45. The molecule has 4 heteroatoms. The van der Waals surface area contributed by atoms with Crippen LogP contribution in [0.4, 0.5) is 0 Å². The third kappa shape index (κ3) is 3.92. The smallest absolute Gasteiger partial charge is 0.167 e. The highest BCUT2D eigenvalue weighted by atomic mass is 35.5. The number of hydrogen-bond donors (Lipinski definition) is 1. The molecule has 0 amide bonds. The van der Waals surface area contributed by atoms with Crippen molar-refractivity contribution in [2.75, 3.05) is 0 Å². The van der Waals surface area contributed by atoms with E-state index in [9.17, 15) is 14.7 Å². The maximum atomic E-state index is 11.9. The van der Waals surface area contributed by atoms with Gasteiger partial charge in [-0.3, -0.25) is 4.79 Å². The van der Waals surface area contributed by atoms with Gasteiger partial charge >= 0.3 is 0 Å². The van der Waals surface area contributed by atoms with E-state index in [-0.39, 0.29) is 35.7 Å². The van der Waals surface area contributed by atoms with Gasteiger partial charge in [0, 0.05) is 17.9 Å². The van der Waals surface area contributed by atoms with Gasteiger partial charge in [-0.1, -0.05) is 29.8 Å². The molecule has 0 saturated carbocycles. The number of carbonyl (C=O) groups is 2. The third-order valence-corrected chi connectivity index (χ3v) is 3.43. The zero-order chi connectivity index (χ0) is 15.4. The summed E-state index contributed by atoms with van der Waals surface area (Å²) in [6, 6.07) is 12.1. The van der Waals surface area contributed by atoms with E-state index >= 15 is 0 Å². The molecule has 2 aromatic rings. The Morgan fingerprint density at radius 3 is 2.19 bits per heavy atom. The maximum Gasteiger partial charge on any atom is 0.167 e. The number of phenolic OH excluding ortho intramolecular Hbond substituents is 1. The lowest BCUT2D eigenvalue weighted by Gasteiger charge is -2.07. The monoisotopic (exact) mass is 302 g/mol. The second-order valence-electron chi connectivity index (χ2n) is 4.86. The summed E-state index contributed by atoms with van der Waals surface area (Å²) in [5.74, 6) is -0.345. The molecule has 0 unspecified atom stereocenters. The molecule has 0 fully saturated rings. The van der Waals surface area contributed by atoms with Gasteiger partial charge in [-0.05, 0) is 42.3 Å². The minimum absolute atomic E-state index is 0.0411. The van der Waals surface area contributed by atoms with E-state index in [1.807, 2.05) is 12.1 Å². The molecule has 0 heterocycles. The van der Waals surface area contributed by atoms with Gasteiger partial charge in [0.2, 0.25) is 0 Å². The molecule has 0 radical (unpaired) electrons. The third-order valence-electron chi connectivity index (χ3n) is 3.18. The van der Waals surface area contributed by atoms with Crippen LogP contribution < -0.4 is 0 Å². The second kappa shape index (κ2) is 6.55. The SMILES string of the molecule is CC(=O)CCC(=O)c1ccc(-c2ccc(Cl)cc2)cc1O. The first-order valence-electron chi connectivity index (χ1n) is 6.59. The van der Waals surface area contributed by atoms with Crippen molar-refractivity contribution in [2.24, 2.45) is 0 Å². The largest absolute Gasteiger partial charge is 0.507 e. The predicted molar refractivity (Wildman–Crippen MR) is 82.8 cm³/mol. The number of aromatic hydroxyl groups is 1. The molecule has 0 spiro atoms. The molecule has 2 aromatic carbocycles. The van der Waals surface area contributed by atoms with E-state index in [0.29, 0.717) is 5.02 Å². The molecule has 0 aliphatic rings. The van der Waals surface area contributed by atoms with Crippen molar-refractivity contribution < 1.29 is 14.7 Å². The van der Waals surface area contributed by atoms with Crippen LogP contribution in [0.2, 0.25) is 5.02 Å². The highest BCUT2D eigenvalue weighted by molar-refractivity contribution is 6.30. The molecule has 2 rings (SSSR count). The van der Waals surface area contributed by atoms with Crippen molar-refractivity contribution in [1.29, 1.82) is 0 Å². The standard InChI is InChI=1S/C17H15ClO3/c1-11(19)2-9-16(20)15-8-5-13(10-17(15)21)12-3-6-14(18)7-4-12/h3-8,10,21H,2,9H2,1H3. The number of hydrogen-bond acceptors (Lipinski definition) is 3. The highest BCUT2D eigenvalue weighted by Gasteiger charge is 2.13. The quantitative estimate of drug-likeness (QED) is 0.839. The van der Waals surface area contributed by atoms with Gasteiger partial charge in [-0.2, -0.15) is 0 Å². The number of rotatable bonds is 5. The molecule has 0 aliphatic heterocycles. The molecule has 1 N–H and O–H groups in total. The van der Waals surface area contributed by atoms with Crippen LogP contribution in [0, 0.1) is 0 Å². The van der Waals surface area contributed by atoms with Gasteiger partial charge < -0.3 is 9.90 Å². The van der Waals surface area contributed by atoms with Gasteiger partial charge in [0.15, 0.2) is 5.78 Å². The first-order chi connectivity index (χ1) is 9.97. The number of benzene rings is 2. The second-order valence-corrected chi connectivity index (χ2v) is 5.30. The summed E-state index contributed by atoms with van der Waals surface area (Å²) in [5, 5.41) is 10.6. The van der Waals surface area contributed by atoms with Gasteiger partial charge in [0.1, 0.15) is 11.5 Å². The summed E-state index contributed by atoms with van der Waals surface area (Å²) < 4.78 is 0. The molecular formula is C17H15ClO3. The summed E-state index contributed by atoms with van der Waals surface area (Å²) >= 11 is 5.84. The van der Waals surface area contributed by atoms with Gasteiger partial charge in [-0.15, -0.1) is 0 Å². The van der Waals surface area contributed by atoms with E-state index in [2.05, 4.69) is 0 Å². The van der Waals surface area contributed by atoms with Gasteiger partial charge in [0.25, 0.3) is 0 Å². The lowest BCUT2D eigenvalue weighted by atomic mass is 9.99. The Balaban J connectivity index is 2.23. The summed E-state index contributed by atoms with van der Waals surface area (Å²) in [5.41, 5.74) is 1.94. The van der Waals surface area contributed by atoms with Crippen LogP contribution in [0.15, 0.2) is 42.5 Å². The van der Waals surface area contributed by atoms with Crippen molar-refractivity contribution >= 4 is 23.2 Å². The Bertz CT molecular complexity index is 675. The Morgan fingerprint density at radius 2 is 1.62 bits per heavy atom. The normalized spacial score (nSPS) is 10.4. The lowest BCUT2D eigenvalue weighted by Crippen LogP contribution is -2.02. The first kappa shape index (κ1) is 15.3. The van der Waals surface area contributed by atoms with Crippen molar-refractivity contribution in [3.05, 3.63) is 53.1 Å². The van der Waals surface area contributed by atoms with E-state index < -0.39 is 0 Å². The maximum absolute atomic E-state index is 11.9. The summed E-state index contributed by atoms with van der Waals surface area (Å²) in [6.45, 7) is 1.44. The zero-order valence-corrected chi connectivity index (χ0v) is 12.4. The molecule has 0 atom stereocenters. The van der Waals surface area contributed by atoms with Gasteiger partial charge in [-0.25, -0.2) is 0 Å². The summed E-state index contributed by atoms with van der Waals surface area (Å²) in [4.78, 5) is 22.8. The molecule has 108 valence electrons. The van der Waals surface area contributed by atoms with Crippen LogP contribution in [0.1, 0.15) is 30.1 Å². The van der Waals surface area contributed by atoms with Crippen molar-refractivity contribution in [3.63, 3.8) is 0 Å². The number of Topliss-reactive ketones (excluding diaryl/α,β-unsaturated/α-hetero) is 2. The Kier molecular flexibility index (Phi) is 4.76. The average molecular weight is 303 g/mol. The highest BCUT2D eigenvalue weighted by Crippen LogP contribution is 2.28. The molecule has 0 bridgehead atoms. The van der Waals surface area contributed by atoms with Crippen LogP contribution >= 0.6 is 11.6 Å². The summed E-state index contributed by atoms with van der Waals surface area (Å²) in [6.07, 6.45) is 0.306. The lowest BCUT2D eigenvalue weighted by molar-refractivity contribution is -0.116. The Hall–Kier alpha value is -2.13. The van der Waals surface area contributed by atoms with E-state index in [0.717, 1.165) is 11.1 Å². The van der Waals surface area contributed by atoms with Crippen molar-refractivity contribution in [3.8, 4) is 16.9 Å². The summed E-state index contributed by atoms with van der Waals surface area (Å²) in [7, 11) is 0. The number of halogens is 1. The van der Waals surface area contributed by atoms with E-state index in [4.69, 9.17) is 11.6 Å². The van der Waals surface area contributed by atoms with Crippen LogP contribution in [-0.4, -0.2) is 16.7 Å². The van der Waals surface area contributed by atoms with Crippen molar-refractivity contribution in [2.45, 2.75) is 19.8 Å². The first-order valence-corrected chi connectivity index (χ1v) is 6.97. The molecule has 0 saturated heterocycles. The number of carbonyl (C=O) groups excluding carboxylic acids is 2. The molecule has 21 heavy (non-hydrogen) atoms. The Morgan fingerprint density at radius 1 is 1.00 bits per heavy atom.